The highest BCUT2D eigenvalue weighted by Crippen LogP contribution is 2.25. The maximum atomic E-state index is 11.3. The van der Waals surface area contributed by atoms with Crippen molar-refractivity contribution in [2.45, 2.75) is 46.3 Å². The van der Waals surface area contributed by atoms with E-state index in [0.717, 1.165) is 34.8 Å². The highest BCUT2D eigenvalue weighted by molar-refractivity contribution is 5.95. The number of carbonyl (C=O) groups is 1. The van der Waals surface area contributed by atoms with E-state index in [1.54, 1.807) is 6.92 Å². The molecule has 6 nitrogen and oxygen atoms in total. The van der Waals surface area contributed by atoms with Crippen molar-refractivity contribution >= 4 is 27.8 Å². The lowest BCUT2D eigenvalue weighted by atomic mass is 10.0. The van der Waals surface area contributed by atoms with Crippen molar-refractivity contribution in [2.75, 3.05) is 6.54 Å². The lowest BCUT2D eigenvalue weighted by Crippen LogP contribution is -2.23. The van der Waals surface area contributed by atoms with Crippen LogP contribution in [0.2, 0.25) is 0 Å². The van der Waals surface area contributed by atoms with Gasteiger partial charge in [-0.1, -0.05) is 42.4 Å². The van der Waals surface area contributed by atoms with E-state index in [1.807, 2.05) is 24.3 Å². The van der Waals surface area contributed by atoms with Gasteiger partial charge in [0.2, 0.25) is 6.10 Å². The van der Waals surface area contributed by atoms with Gasteiger partial charge >= 0.3 is 5.97 Å². The molecule has 0 spiro atoms. The molecule has 28 heavy (non-hydrogen) atoms. The summed E-state index contributed by atoms with van der Waals surface area (Å²) < 4.78 is 2.29. The van der Waals surface area contributed by atoms with Crippen LogP contribution in [0, 0.1) is 13.8 Å². The molecule has 0 aliphatic rings. The number of rotatable bonds is 7. The van der Waals surface area contributed by atoms with Crippen LogP contribution in [0.1, 0.15) is 30.9 Å². The summed E-state index contributed by atoms with van der Waals surface area (Å²) in [6.07, 6.45) is 0.238. The van der Waals surface area contributed by atoms with Crippen molar-refractivity contribution in [3.8, 4) is 0 Å². The number of pyridine rings is 1. The molecule has 0 fully saturated rings. The maximum Gasteiger partial charge on any atom is 0.347 e. The molecule has 0 aliphatic heterocycles. The summed E-state index contributed by atoms with van der Waals surface area (Å²) in [5, 5.41) is 16.2. The molecule has 6 heteroatoms. The Morgan fingerprint density at radius 1 is 1.21 bits per heavy atom. The Bertz CT molecular complexity index is 1090. The molecule has 0 radical (unpaired) electrons. The van der Waals surface area contributed by atoms with Gasteiger partial charge in [0.15, 0.2) is 0 Å². The zero-order chi connectivity index (χ0) is 20.3. The van der Waals surface area contributed by atoms with Crippen LogP contribution < -0.4 is 11.1 Å². The first-order valence-corrected chi connectivity index (χ1v) is 9.63. The fourth-order valence-corrected chi connectivity index (χ4v) is 3.51. The number of aromatic nitrogens is 1. The lowest BCUT2D eigenvalue weighted by molar-refractivity contribution is -0.150. The summed E-state index contributed by atoms with van der Waals surface area (Å²) in [6, 6.07) is 12.1. The minimum Gasteiger partial charge on any atom is -0.478 e. The number of benzene rings is 2. The molecule has 3 rings (SSSR count). The number of fused-ring (bicyclic) bond motifs is 2. The van der Waals surface area contributed by atoms with Crippen molar-refractivity contribution in [1.82, 2.24) is 4.57 Å². The van der Waals surface area contributed by atoms with E-state index in [4.69, 9.17) is 10.6 Å². The van der Waals surface area contributed by atoms with E-state index in [1.165, 1.54) is 11.1 Å². The quantitative estimate of drug-likeness (QED) is 0.484. The van der Waals surface area contributed by atoms with Gasteiger partial charge in [-0.25, -0.2) is 4.79 Å². The average Bonchev–Trinajstić information content (AvgIpc) is 2.69. The van der Waals surface area contributed by atoms with Gasteiger partial charge in [-0.05, 0) is 50.4 Å². The minimum atomic E-state index is -1.01. The highest BCUT2D eigenvalue weighted by atomic mass is 16.6. The molecule has 0 aliphatic carbocycles. The molecule has 0 saturated carbocycles. The predicted octanol–water partition coefficient (Wildman–Crippen LogP) is 3.46. The SMILES string of the molecule is CCC(ON=c1c2ccccc2n(CCCN)c2c(C)c(C)ccc12)C(=O)O. The number of hydrogen-bond acceptors (Lipinski definition) is 4. The molecule has 1 aromatic heterocycles. The molecule has 2 aromatic carbocycles. The summed E-state index contributed by atoms with van der Waals surface area (Å²) in [5.41, 5.74) is 10.2. The number of carboxylic acids is 1. The largest absolute Gasteiger partial charge is 0.478 e. The zero-order valence-corrected chi connectivity index (χ0v) is 16.6. The topological polar surface area (TPSA) is 89.8 Å². The molecule has 148 valence electrons. The Morgan fingerprint density at radius 2 is 1.96 bits per heavy atom. The van der Waals surface area contributed by atoms with E-state index in [-0.39, 0.29) is 0 Å². The summed E-state index contributed by atoms with van der Waals surface area (Å²) >= 11 is 0. The van der Waals surface area contributed by atoms with Crippen molar-refractivity contribution < 1.29 is 14.7 Å². The first kappa shape index (κ1) is 19.9. The van der Waals surface area contributed by atoms with Gasteiger partial charge in [0.05, 0.1) is 11.0 Å². The Labute approximate surface area is 164 Å². The van der Waals surface area contributed by atoms with Crippen molar-refractivity contribution in [2.24, 2.45) is 10.9 Å². The number of nitrogens with zero attached hydrogens (tertiary/aromatic N) is 2. The number of para-hydroxylation sites is 1. The minimum absolute atomic E-state index is 0.343. The highest BCUT2D eigenvalue weighted by Gasteiger charge is 2.17. The second kappa shape index (κ2) is 8.44. The van der Waals surface area contributed by atoms with Crippen LogP contribution in [0.15, 0.2) is 41.6 Å². The van der Waals surface area contributed by atoms with Gasteiger partial charge in [-0.15, -0.1) is 0 Å². The second-order valence-corrected chi connectivity index (χ2v) is 7.00. The van der Waals surface area contributed by atoms with Crippen LogP contribution in [0.3, 0.4) is 0 Å². The van der Waals surface area contributed by atoms with Crippen molar-refractivity contribution in [1.29, 1.82) is 0 Å². The maximum absolute atomic E-state index is 11.3. The van der Waals surface area contributed by atoms with Crippen LogP contribution in [0.25, 0.3) is 21.8 Å². The van der Waals surface area contributed by atoms with E-state index in [2.05, 4.69) is 35.7 Å². The molecule has 3 aromatic rings. The van der Waals surface area contributed by atoms with E-state index in [0.29, 0.717) is 18.3 Å². The molecule has 0 bridgehead atoms. The van der Waals surface area contributed by atoms with Crippen LogP contribution in [-0.4, -0.2) is 28.3 Å². The summed E-state index contributed by atoms with van der Waals surface area (Å²) in [6.45, 7) is 7.36. The smallest absolute Gasteiger partial charge is 0.347 e. The van der Waals surface area contributed by atoms with Gasteiger partial charge in [0.25, 0.3) is 0 Å². The molecular weight excluding hydrogens is 354 g/mol. The molecule has 0 amide bonds. The zero-order valence-electron chi connectivity index (χ0n) is 16.6. The van der Waals surface area contributed by atoms with E-state index >= 15 is 0 Å². The molecular formula is C22H27N3O3. The fourth-order valence-electron chi connectivity index (χ4n) is 3.51. The summed E-state index contributed by atoms with van der Waals surface area (Å²) in [7, 11) is 0. The first-order valence-electron chi connectivity index (χ1n) is 9.63. The van der Waals surface area contributed by atoms with Crippen LogP contribution in [0.4, 0.5) is 0 Å². The van der Waals surface area contributed by atoms with Gasteiger partial charge in [-0.3, -0.25) is 0 Å². The monoisotopic (exact) mass is 381 g/mol. The second-order valence-electron chi connectivity index (χ2n) is 7.00. The molecule has 1 unspecified atom stereocenters. The van der Waals surface area contributed by atoms with Gasteiger partial charge in [0.1, 0.15) is 5.36 Å². The lowest BCUT2D eigenvalue weighted by Gasteiger charge is -2.19. The van der Waals surface area contributed by atoms with E-state index in [9.17, 15) is 9.90 Å². The third-order valence-corrected chi connectivity index (χ3v) is 5.18. The van der Waals surface area contributed by atoms with Gasteiger partial charge in [0, 0.05) is 17.3 Å². The van der Waals surface area contributed by atoms with Gasteiger partial charge in [-0.2, -0.15) is 0 Å². The standard InChI is InChI=1S/C22H27N3O3/c1-4-19(22(26)27)28-24-20-16-8-5-6-9-18(16)25(13-7-12-23)21-15(3)14(2)10-11-17(20)21/h5-6,8-11,19H,4,7,12-13,23H2,1-3H3,(H,26,27). The Morgan fingerprint density at radius 3 is 2.64 bits per heavy atom. The molecule has 1 heterocycles. The number of carboxylic acid groups (broad SMARTS) is 1. The van der Waals surface area contributed by atoms with Crippen molar-refractivity contribution in [3.05, 3.63) is 52.9 Å². The number of nitrogens with two attached hydrogens (primary N) is 1. The summed E-state index contributed by atoms with van der Waals surface area (Å²) in [4.78, 5) is 16.8. The third-order valence-electron chi connectivity index (χ3n) is 5.18. The van der Waals surface area contributed by atoms with Crippen molar-refractivity contribution in [3.63, 3.8) is 0 Å². The van der Waals surface area contributed by atoms with Crippen LogP contribution in [-0.2, 0) is 16.2 Å². The number of hydrogen-bond donors (Lipinski definition) is 2. The molecule has 1 atom stereocenters. The Kier molecular flexibility index (Phi) is 5.99. The molecule has 3 N–H and O–H groups in total. The van der Waals surface area contributed by atoms with Crippen LogP contribution in [0.5, 0.6) is 0 Å². The fraction of sp³-hybridized carbons (Fsp3) is 0.364. The normalized spacial score (nSPS) is 13.2. The Balaban J connectivity index is 2.40. The van der Waals surface area contributed by atoms with Gasteiger partial charge < -0.3 is 20.2 Å². The average molecular weight is 381 g/mol. The van der Waals surface area contributed by atoms with Crippen LogP contribution >= 0.6 is 0 Å². The van der Waals surface area contributed by atoms with E-state index < -0.39 is 12.1 Å². The first-order chi connectivity index (χ1) is 13.5. The predicted molar refractivity (Wildman–Crippen MR) is 111 cm³/mol. The molecule has 0 saturated heterocycles. The third kappa shape index (κ3) is 3.60. The number of aliphatic carboxylic acids is 1. The summed E-state index contributed by atoms with van der Waals surface area (Å²) in [5.74, 6) is -1.01. The number of aryl methyl sites for hydroxylation is 3. The Hall–Kier alpha value is -2.86.